The SMILES string of the molecule is COCOC.COc1cc(N2CCC3(CCCO3)CC2)ccc1C1c2ccc(O)cc2CCC1c1ccccc1. The Morgan fingerprint density at radius 2 is 1.65 bits per heavy atom. The van der Waals surface area contributed by atoms with Crippen LogP contribution in [0, 0.1) is 0 Å². The van der Waals surface area contributed by atoms with Gasteiger partial charge in [0, 0.05) is 57.2 Å². The van der Waals surface area contributed by atoms with Crippen molar-refractivity contribution in [1.82, 2.24) is 0 Å². The number of phenolic OH excluding ortho intramolecular Hbond substituents is 1. The van der Waals surface area contributed by atoms with Crippen LogP contribution in [0.2, 0.25) is 0 Å². The fraction of sp³-hybridized carbons (Fsp3) is 0.471. The van der Waals surface area contributed by atoms with Gasteiger partial charge in [0.15, 0.2) is 0 Å². The van der Waals surface area contributed by atoms with Gasteiger partial charge >= 0.3 is 0 Å². The van der Waals surface area contributed by atoms with E-state index in [4.69, 9.17) is 9.47 Å². The number of piperidine rings is 1. The molecule has 0 radical (unpaired) electrons. The quantitative estimate of drug-likeness (QED) is 0.350. The molecule has 2 aliphatic heterocycles. The Hall–Kier alpha value is -3.06. The normalized spacial score (nSPS) is 21.4. The summed E-state index contributed by atoms with van der Waals surface area (Å²) in [5.74, 6) is 1.84. The molecule has 6 heteroatoms. The molecule has 0 amide bonds. The van der Waals surface area contributed by atoms with E-state index in [0.717, 1.165) is 51.1 Å². The highest BCUT2D eigenvalue weighted by atomic mass is 16.6. The lowest BCUT2D eigenvalue weighted by Crippen LogP contribution is -2.44. The van der Waals surface area contributed by atoms with Crippen LogP contribution < -0.4 is 9.64 Å². The molecule has 2 atom stereocenters. The Morgan fingerprint density at radius 3 is 2.30 bits per heavy atom. The van der Waals surface area contributed by atoms with Gasteiger partial charge in [-0.2, -0.15) is 0 Å². The van der Waals surface area contributed by atoms with E-state index in [0.29, 0.717) is 18.5 Å². The number of methoxy groups -OCH3 is 3. The predicted octanol–water partition coefficient (Wildman–Crippen LogP) is 6.65. The van der Waals surface area contributed by atoms with Crippen LogP contribution in [0.5, 0.6) is 11.5 Å². The van der Waals surface area contributed by atoms with E-state index >= 15 is 0 Å². The third-order valence-corrected chi connectivity index (χ3v) is 8.83. The minimum Gasteiger partial charge on any atom is -0.508 e. The van der Waals surface area contributed by atoms with Gasteiger partial charge in [0.2, 0.25) is 0 Å². The van der Waals surface area contributed by atoms with Crippen LogP contribution >= 0.6 is 0 Å². The summed E-state index contributed by atoms with van der Waals surface area (Å²) in [5.41, 5.74) is 6.49. The number of aromatic hydroxyl groups is 1. The average molecular weight is 546 g/mol. The number of benzene rings is 3. The van der Waals surface area contributed by atoms with Crippen LogP contribution in [0.1, 0.15) is 66.2 Å². The molecule has 40 heavy (non-hydrogen) atoms. The first kappa shape index (κ1) is 28.5. The average Bonchev–Trinajstić information content (AvgIpc) is 3.45. The maximum absolute atomic E-state index is 10.1. The second-order valence-corrected chi connectivity index (χ2v) is 11.2. The van der Waals surface area contributed by atoms with Gasteiger partial charge in [-0.3, -0.25) is 0 Å². The summed E-state index contributed by atoms with van der Waals surface area (Å²) in [5, 5.41) is 10.1. The van der Waals surface area contributed by atoms with Crippen molar-refractivity contribution in [2.75, 3.05) is 52.7 Å². The van der Waals surface area contributed by atoms with Crippen molar-refractivity contribution in [3.8, 4) is 11.5 Å². The maximum atomic E-state index is 10.1. The highest BCUT2D eigenvalue weighted by Gasteiger charge is 2.39. The zero-order valence-corrected chi connectivity index (χ0v) is 24.1. The van der Waals surface area contributed by atoms with Crippen LogP contribution in [-0.4, -0.2) is 58.5 Å². The van der Waals surface area contributed by atoms with Crippen LogP contribution in [0.25, 0.3) is 0 Å². The molecule has 3 aromatic carbocycles. The number of ether oxygens (including phenoxy) is 4. The third kappa shape index (κ3) is 6.14. The Balaban J connectivity index is 0.000000595. The van der Waals surface area contributed by atoms with Gasteiger partial charge in [-0.05, 0) is 79.3 Å². The molecular formula is C34H43NO5. The van der Waals surface area contributed by atoms with E-state index in [-0.39, 0.29) is 11.5 Å². The number of hydrogen-bond acceptors (Lipinski definition) is 6. The van der Waals surface area contributed by atoms with Gasteiger partial charge in [-0.1, -0.05) is 42.5 Å². The van der Waals surface area contributed by atoms with Crippen LogP contribution in [-0.2, 0) is 20.6 Å². The zero-order valence-electron chi connectivity index (χ0n) is 24.1. The molecule has 1 N–H and O–H groups in total. The number of fused-ring (bicyclic) bond motifs is 1. The summed E-state index contributed by atoms with van der Waals surface area (Å²) >= 11 is 0. The number of hydrogen-bond donors (Lipinski definition) is 1. The van der Waals surface area contributed by atoms with E-state index in [1.165, 1.54) is 40.8 Å². The fourth-order valence-corrected chi connectivity index (χ4v) is 6.84. The fourth-order valence-electron chi connectivity index (χ4n) is 6.84. The van der Waals surface area contributed by atoms with Crippen LogP contribution in [0.4, 0.5) is 5.69 Å². The number of phenols is 1. The van der Waals surface area contributed by atoms with Crippen LogP contribution in [0.15, 0.2) is 66.7 Å². The molecule has 2 heterocycles. The lowest BCUT2D eigenvalue weighted by Gasteiger charge is -2.40. The van der Waals surface area contributed by atoms with Gasteiger partial charge in [0.1, 0.15) is 18.3 Å². The van der Waals surface area contributed by atoms with E-state index in [2.05, 4.69) is 69.0 Å². The van der Waals surface area contributed by atoms with E-state index < -0.39 is 0 Å². The molecular weight excluding hydrogens is 502 g/mol. The largest absolute Gasteiger partial charge is 0.508 e. The summed E-state index contributed by atoms with van der Waals surface area (Å²) in [4.78, 5) is 2.49. The summed E-state index contributed by atoms with van der Waals surface area (Å²) in [6.45, 7) is 3.37. The smallest absolute Gasteiger partial charge is 0.145 e. The highest BCUT2D eigenvalue weighted by molar-refractivity contribution is 5.58. The molecule has 214 valence electrons. The monoisotopic (exact) mass is 545 g/mol. The van der Waals surface area contributed by atoms with Gasteiger partial charge in [-0.25, -0.2) is 0 Å². The topological polar surface area (TPSA) is 60.4 Å². The summed E-state index contributed by atoms with van der Waals surface area (Å²) in [6, 6.07) is 23.5. The second kappa shape index (κ2) is 13.1. The van der Waals surface area contributed by atoms with Crippen molar-refractivity contribution < 1.29 is 24.1 Å². The Bertz CT molecular complexity index is 1230. The molecule has 6 nitrogen and oxygen atoms in total. The highest BCUT2D eigenvalue weighted by Crippen LogP contribution is 2.50. The van der Waals surface area contributed by atoms with Crippen molar-refractivity contribution >= 4 is 5.69 Å². The molecule has 0 saturated carbocycles. The molecule has 2 saturated heterocycles. The van der Waals surface area contributed by atoms with Crippen LogP contribution in [0.3, 0.4) is 0 Å². The standard InChI is InChI=1S/C31H35NO3.C3H8O2/c1-34-29-21-24(32-17-15-31(16-18-32)14-5-19-35-31)9-12-28(29)30-26(22-6-3-2-4-7-22)11-8-23-20-25(33)10-13-27(23)30;1-4-3-5-2/h2-4,6-7,9-10,12-13,20-21,26,30,33H,5,8,11,14-19H2,1H3;3H2,1-2H3. The molecule has 2 unspecified atom stereocenters. The lowest BCUT2D eigenvalue weighted by molar-refractivity contribution is -0.0146. The van der Waals surface area contributed by atoms with Gasteiger partial charge in [0.25, 0.3) is 0 Å². The van der Waals surface area contributed by atoms with E-state index in [1.54, 1.807) is 21.3 Å². The first-order chi connectivity index (χ1) is 19.6. The first-order valence-corrected chi connectivity index (χ1v) is 14.5. The Morgan fingerprint density at radius 1 is 0.900 bits per heavy atom. The number of rotatable bonds is 6. The molecule has 0 bridgehead atoms. The molecule has 1 spiro atoms. The zero-order chi connectivity index (χ0) is 28.0. The summed E-state index contributed by atoms with van der Waals surface area (Å²) < 4.78 is 21.1. The third-order valence-electron chi connectivity index (χ3n) is 8.83. The minimum absolute atomic E-state index is 0.126. The van der Waals surface area contributed by atoms with Crippen molar-refractivity contribution in [2.24, 2.45) is 0 Å². The Kier molecular flexibility index (Phi) is 9.30. The number of aryl methyl sites for hydroxylation is 1. The minimum atomic E-state index is 0.126. The van der Waals surface area contributed by atoms with E-state index in [1.807, 2.05) is 12.1 Å². The Labute approximate surface area is 238 Å². The van der Waals surface area contributed by atoms with Crippen molar-refractivity contribution in [1.29, 1.82) is 0 Å². The predicted molar refractivity (Wildman–Crippen MR) is 159 cm³/mol. The van der Waals surface area contributed by atoms with Crippen molar-refractivity contribution in [3.63, 3.8) is 0 Å². The molecule has 6 rings (SSSR count). The number of nitrogens with zero attached hydrogens (tertiary/aromatic N) is 1. The molecule has 1 aliphatic carbocycles. The van der Waals surface area contributed by atoms with Gasteiger partial charge in [-0.15, -0.1) is 0 Å². The summed E-state index contributed by atoms with van der Waals surface area (Å²) in [6.07, 6.45) is 6.63. The van der Waals surface area contributed by atoms with Crippen molar-refractivity contribution in [2.45, 2.75) is 56.0 Å². The molecule has 3 aliphatic rings. The molecule has 2 fully saturated rings. The summed E-state index contributed by atoms with van der Waals surface area (Å²) in [7, 11) is 4.96. The maximum Gasteiger partial charge on any atom is 0.145 e. The van der Waals surface area contributed by atoms with Gasteiger partial charge in [0.05, 0.1) is 12.7 Å². The first-order valence-electron chi connectivity index (χ1n) is 14.5. The van der Waals surface area contributed by atoms with E-state index in [9.17, 15) is 5.11 Å². The number of anilines is 1. The lowest BCUT2D eigenvalue weighted by atomic mass is 9.69. The second-order valence-electron chi connectivity index (χ2n) is 11.2. The van der Waals surface area contributed by atoms with Crippen molar-refractivity contribution in [3.05, 3.63) is 89.0 Å². The molecule has 3 aromatic rings. The van der Waals surface area contributed by atoms with Gasteiger partial charge < -0.3 is 29.0 Å². The molecule has 0 aromatic heterocycles.